The third kappa shape index (κ3) is 2.75. The molecule has 0 fully saturated rings. The van der Waals surface area contributed by atoms with Gasteiger partial charge in [0.1, 0.15) is 17.9 Å². The summed E-state index contributed by atoms with van der Waals surface area (Å²) >= 11 is 5.79. The zero-order valence-corrected chi connectivity index (χ0v) is 10.9. The standard InChI is InChI=1S/C11H8ClFN4O3/c1-14-10-9(17(18)19)11(16-5-15-10)20-8-3-2-6(13)4-7(8)12/h2-5H,1H3,(H,14,15,16). The Bertz CT molecular complexity index is 668. The average Bonchev–Trinajstić information content (AvgIpc) is 2.41. The maximum absolute atomic E-state index is 12.9. The van der Waals surface area contributed by atoms with Gasteiger partial charge in [-0.25, -0.2) is 9.37 Å². The molecule has 0 spiro atoms. The van der Waals surface area contributed by atoms with E-state index < -0.39 is 16.4 Å². The second kappa shape index (κ2) is 5.66. The molecule has 1 aromatic heterocycles. The number of anilines is 1. The molecule has 20 heavy (non-hydrogen) atoms. The first-order valence-corrected chi connectivity index (χ1v) is 5.70. The van der Waals surface area contributed by atoms with Gasteiger partial charge in [0.15, 0.2) is 0 Å². The van der Waals surface area contributed by atoms with Crippen molar-refractivity contribution in [3.05, 3.63) is 45.5 Å². The lowest BCUT2D eigenvalue weighted by atomic mass is 10.3. The minimum Gasteiger partial charge on any atom is -0.432 e. The molecular formula is C11H8ClFN4O3. The Labute approximate surface area is 117 Å². The van der Waals surface area contributed by atoms with Crippen molar-refractivity contribution in [1.82, 2.24) is 9.97 Å². The highest BCUT2D eigenvalue weighted by Gasteiger charge is 2.24. The van der Waals surface area contributed by atoms with E-state index in [0.29, 0.717) is 0 Å². The maximum Gasteiger partial charge on any atom is 0.373 e. The van der Waals surface area contributed by atoms with Crippen LogP contribution >= 0.6 is 11.6 Å². The fourth-order valence-corrected chi connectivity index (χ4v) is 1.65. The summed E-state index contributed by atoms with van der Waals surface area (Å²) in [6.45, 7) is 0. The maximum atomic E-state index is 12.9. The quantitative estimate of drug-likeness (QED) is 0.689. The van der Waals surface area contributed by atoms with E-state index in [2.05, 4.69) is 15.3 Å². The van der Waals surface area contributed by atoms with Crippen molar-refractivity contribution < 1.29 is 14.1 Å². The molecule has 0 aliphatic rings. The topological polar surface area (TPSA) is 90.2 Å². The zero-order chi connectivity index (χ0) is 14.7. The van der Waals surface area contributed by atoms with E-state index in [4.69, 9.17) is 16.3 Å². The largest absolute Gasteiger partial charge is 0.432 e. The minimum absolute atomic E-state index is 0.00164. The van der Waals surface area contributed by atoms with Gasteiger partial charge in [0.2, 0.25) is 5.82 Å². The molecule has 9 heteroatoms. The Balaban J connectivity index is 2.45. The van der Waals surface area contributed by atoms with Gasteiger partial charge in [-0.05, 0) is 18.2 Å². The summed E-state index contributed by atoms with van der Waals surface area (Å²) in [5.74, 6) is -0.784. The van der Waals surface area contributed by atoms with Crippen molar-refractivity contribution in [3.63, 3.8) is 0 Å². The molecule has 0 aliphatic carbocycles. The average molecular weight is 299 g/mol. The molecular weight excluding hydrogens is 291 g/mol. The molecule has 1 N–H and O–H groups in total. The van der Waals surface area contributed by atoms with E-state index in [-0.39, 0.29) is 22.5 Å². The molecule has 0 saturated carbocycles. The molecule has 1 heterocycles. The van der Waals surface area contributed by atoms with E-state index in [0.717, 1.165) is 18.5 Å². The van der Waals surface area contributed by atoms with Gasteiger partial charge in [0.05, 0.1) is 9.95 Å². The number of nitrogens with one attached hydrogen (secondary N) is 1. The summed E-state index contributed by atoms with van der Waals surface area (Å²) < 4.78 is 18.2. The summed E-state index contributed by atoms with van der Waals surface area (Å²) in [6, 6.07) is 3.40. The highest BCUT2D eigenvalue weighted by Crippen LogP contribution is 2.36. The van der Waals surface area contributed by atoms with Gasteiger partial charge in [-0.15, -0.1) is 0 Å². The van der Waals surface area contributed by atoms with Gasteiger partial charge < -0.3 is 10.1 Å². The Hall–Kier alpha value is -2.48. The Morgan fingerprint density at radius 1 is 1.45 bits per heavy atom. The molecule has 1 aromatic carbocycles. The van der Waals surface area contributed by atoms with Crippen molar-refractivity contribution in [3.8, 4) is 11.6 Å². The number of halogens is 2. The van der Waals surface area contributed by atoms with Crippen LogP contribution in [0.25, 0.3) is 0 Å². The van der Waals surface area contributed by atoms with Crippen molar-refractivity contribution in [2.45, 2.75) is 0 Å². The second-order valence-electron chi connectivity index (χ2n) is 3.56. The SMILES string of the molecule is CNc1ncnc(Oc2ccc(F)cc2Cl)c1[N+](=O)[O-]. The monoisotopic (exact) mass is 298 g/mol. The Morgan fingerprint density at radius 2 is 2.20 bits per heavy atom. The van der Waals surface area contributed by atoms with Gasteiger partial charge in [-0.3, -0.25) is 10.1 Å². The van der Waals surface area contributed by atoms with Crippen LogP contribution in [0.1, 0.15) is 0 Å². The van der Waals surface area contributed by atoms with E-state index in [1.165, 1.54) is 13.1 Å². The number of hydrogen-bond donors (Lipinski definition) is 1. The lowest BCUT2D eigenvalue weighted by Gasteiger charge is -2.08. The lowest BCUT2D eigenvalue weighted by molar-refractivity contribution is -0.385. The normalized spacial score (nSPS) is 10.2. The molecule has 2 rings (SSSR count). The van der Waals surface area contributed by atoms with Crippen molar-refractivity contribution in [1.29, 1.82) is 0 Å². The summed E-state index contributed by atoms with van der Waals surface area (Å²) in [5, 5.41) is 13.6. The third-order valence-corrected chi connectivity index (χ3v) is 2.60. The summed E-state index contributed by atoms with van der Waals surface area (Å²) in [7, 11) is 1.48. The molecule has 0 amide bonds. The van der Waals surface area contributed by atoms with Crippen LogP contribution in [0, 0.1) is 15.9 Å². The molecule has 0 saturated heterocycles. The van der Waals surface area contributed by atoms with E-state index in [9.17, 15) is 14.5 Å². The van der Waals surface area contributed by atoms with E-state index >= 15 is 0 Å². The molecule has 0 aliphatic heterocycles. The van der Waals surface area contributed by atoms with Gasteiger partial charge in [0, 0.05) is 7.05 Å². The molecule has 0 radical (unpaired) electrons. The van der Waals surface area contributed by atoms with E-state index in [1.807, 2.05) is 0 Å². The van der Waals surface area contributed by atoms with E-state index in [1.54, 1.807) is 0 Å². The predicted molar refractivity (Wildman–Crippen MR) is 69.7 cm³/mol. The van der Waals surface area contributed by atoms with Crippen molar-refractivity contribution in [2.24, 2.45) is 0 Å². The highest BCUT2D eigenvalue weighted by molar-refractivity contribution is 6.32. The van der Waals surface area contributed by atoms with Crippen LogP contribution in [0.5, 0.6) is 11.6 Å². The number of ether oxygens (including phenoxy) is 1. The molecule has 2 aromatic rings. The number of benzene rings is 1. The fraction of sp³-hybridized carbons (Fsp3) is 0.0909. The van der Waals surface area contributed by atoms with Crippen LogP contribution in [-0.2, 0) is 0 Å². The van der Waals surface area contributed by atoms with Crippen LogP contribution in [0.15, 0.2) is 24.5 Å². The van der Waals surface area contributed by atoms with Crippen LogP contribution in [0.3, 0.4) is 0 Å². The number of nitrogens with zero attached hydrogens (tertiary/aromatic N) is 3. The summed E-state index contributed by atoms with van der Waals surface area (Å²) in [6.07, 6.45) is 1.10. The van der Waals surface area contributed by atoms with Crippen LogP contribution in [-0.4, -0.2) is 21.9 Å². The van der Waals surface area contributed by atoms with Gasteiger partial charge in [0.25, 0.3) is 0 Å². The van der Waals surface area contributed by atoms with Crippen molar-refractivity contribution >= 4 is 23.1 Å². The van der Waals surface area contributed by atoms with Gasteiger partial charge in [-0.2, -0.15) is 4.98 Å². The van der Waals surface area contributed by atoms with Gasteiger partial charge in [-0.1, -0.05) is 11.6 Å². The van der Waals surface area contributed by atoms with Crippen molar-refractivity contribution in [2.75, 3.05) is 12.4 Å². The molecule has 0 atom stereocenters. The van der Waals surface area contributed by atoms with Crippen LogP contribution in [0.2, 0.25) is 5.02 Å². The Morgan fingerprint density at radius 3 is 2.80 bits per heavy atom. The first-order valence-electron chi connectivity index (χ1n) is 5.33. The first kappa shape index (κ1) is 13.9. The molecule has 104 valence electrons. The third-order valence-electron chi connectivity index (χ3n) is 2.31. The smallest absolute Gasteiger partial charge is 0.373 e. The predicted octanol–water partition coefficient (Wildman–Crippen LogP) is 3.01. The number of hydrogen-bond acceptors (Lipinski definition) is 6. The molecule has 7 nitrogen and oxygen atoms in total. The number of aromatic nitrogens is 2. The number of nitro groups is 1. The number of rotatable bonds is 4. The molecule has 0 unspecified atom stereocenters. The highest BCUT2D eigenvalue weighted by atomic mass is 35.5. The minimum atomic E-state index is -0.682. The fourth-order valence-electron chi connectivity index (χ4n) is 1.45. The van der Waals surface area contributed by atoms with Crippen LogP contribution < -0.4 is 10.1 Å². The first-order chi connectivity index (χ1) is 9.52. The zero-order valence-electron chi connectivity index (χ0n) is 10.1. The summed E-state index contributed by atoms with van der Waals surface area (Å²) in [5.41, 5.74) is -0.435. The van der Waals surface area contributed by atoms with Gasteiger partial charge >= 0.3 is 11.6 Å². The lowest BCUT2D eigenvalue weighted by Crippen LogP contribution is -2.03. The van der Waals surface area contributed by atoms with Crippen LogP contribution in [0.4, 0.5) is 15.9 Å². The Kier molecular flexibility index (Phi) is 3.94. The second-order valence-corrected chi connectivity index (χ2v) is 3.97. The summed E-state index contributed by atoms with van der Waals surface area (Å²) in [4.78, 5) is 17.8. The molecule has 0 bridgehead atoms.